The Morgan fingerprint density at radius 3 is 2.15 bits per heavy atom. The molecule has 0 bridgehead atoms. The van der Waals surface area contributed by atoms with Gasteiger partial charge in [-0.2, -0.15) is 0 Å². The smallest absolute Gasteiger partial charge is 0.338 e. The molecule has 6 rings (SSSR count). The van der Waals surface area contributed by atoms with Crippen molar-refractivity contribution < 1.29 is 14.3 Å². The summed E-state index contributed by atoms with van der Waals surface area (Å²) < 4.78 is 7.40. The Hall–Kier alpha value is -5.49. The minimum Gasteiger partial charge on any atom is -0.465 e. The average Bonchev–Trinajstić information content (AvgIpc) is 3.47. The van der Waals surface area contributed by atoms with Crippen LogP contribution < -0.4 is 5.32 Å². The number of hydrogen-bond acceptors (Lipinski definition) is 4. The molecule has 1 amide bonds. The Morgan fingerprint density at radius 2 is 1.48 bits per heavy atom. The summed E-state index contributed by atoms with van der Waals surface area (Å²) in [7, 11) is 1.43. The second kappa shape index (κ2) is 13.7. The first kappa shape index (κ1) is 32.5. The predicted molar refractivity (Wildman–Crippen MR) is 195 cm³/mol. The highest BCUT2D eigenvalue weighted by Crippen LogP contribution is 2.35. The molecule has 1 aromatic heterocycles. The quantitative estimate of drug-likeness (QED) is 0.161. The molecule has 48 heavy (non-hydrogen) atoms. The molecule has 0 spiro atoms. The summed E-state index contributed by atoms with van der Waals surface area (Å²) in [6.07, 6.45) is 2.88. The van der Waals surface area contributed by atoms with Crippen LogP contribution in [-0.2, 0) is 16.6 Å². The van der Waals surface area contributed by atoms with Crippen LogP contribution in [0.3, 0.4) is 0 Å². The summed E-state index contributed by atoms with van der Waals surface area (Å²) in [6.45, 7) is 8.47. The zero-order chi connectivity index (χ0) is 33.8. The first-order chi connectivity index (χ1) is 23.2. The van der Waals surface area contributed by atoms with Crippen molar-refractivity contribution in [3.63, 3.8) is 0 Å². The van der Waals surface area contributed by atoms with Gasteiger partial charge in [-0.25, -0.2) is 9.78 Å². The lowest BCUT2D eigenvalue weighted by atomic mass is 9.81. The maximum Gasteiger partial charge on any atom is 0.338 e. The highest BCUT2D eigenvalue weighted by molar-refractivity contribution is 6.05. The van der Waals surface area contributed by atoms with E-state index in [4.69, 9.17) is 9.72 Å². The molecule has 0 aliphatic heterocycles. The molecule has 0 unspecified atom stereocenters. The van der Waals surface area contributed by atoms with Crippen LogP contribution in [0.2, 0.25) is 0 Å². The van der Waals surface area contributed by atoms with Crippen LogP contribution in [0.5, 0.6) is 0 Å². The summed E-state index contributed by atoms with van der Waals surface area (Å²) in [5, 5.41) is 3.09. The summed E-state index contributed by atoms with van der Waals surface area (Å²) in [6, 6.07) is 37.8. The molecule has 6 nitrogen and oxygen atoms in total. The SMILES string of the molecule is CCCCc1nc2ccc(NC(=O)c3ccc(-c4ccccc4)cc3)cc2n1-c1ccc(-c2cccc(C(C)(C)C)c2C(=O)OC)cc1. The van der Waals surface area contributed by atoms with Gasteiger partial charge in [0.2, 0.25) is 0 Å². The number of carbonyl (C=O) groups is 2. The van der Waals surface area contributed by atoms with Crippen molar-refractivity contribution in [2.24, 2.45) is 0 Å². The van der Waals surface area contributed by atoms with Crippen molar-refractivity contribution in [2.45, 2.75) is 52.4 Å². The Morgan fingerprint density at radius 1 is 0.792 bits per heavy atom. The van der Waals surface area contributed by atoms with E-state index in [0.717, 1.165) is 69.6 Å². The largest absolute Gasteiger partial charge is 0.465 e. The van der Waals surface area contributed by atoms with E-state index < -0.39 is 0 Å². The normalized spacial score (nSPS) is 11.4. The highest BCUT2D eigenvalue weighted by atomic mass is 16.5. The maximum atomic E-state index is 13.3. The Balaban J connectivity index is 1.34. The number of hydrogen-bond donors (Lipinski definition) is 1. The number of nitrogens with one attached hydrogen (secondary N) is 1. The summed E-state index contributed by atoms with van der Waals surface area (Å²) >= 11 is 0. The molecule has 0 radical (unpaired) electrons. The number of nitrogens with zero attached hydrogens (tertiary/aromatic N) is 2. The van der Waals surface area contributed by atoms with Gasteiger partial charge < -0.3 is 10.1 Å². The van der Waals surface area contributed by atoms with Crippen LogP contribution in [0.1, 0.15) is 72.6 Å². The van der Waals surface area contributed by atoms with E-state index in [9.17, 15) is 9.59 Å². The molecular formula is C42H41N3O3. The van der Waals surface area contributed by atoms with E-state index in [-0.39, 0.29) is 17.3 Å². The van der Waals surface area contributed by atoms with Gasteiger partial charge in [-0.15, -0.1) is 0 Å². The van der Waals surface area contributed by atoms with Crippen molar-refractivity contribution in [1.82, 2.24) is 9.55 Å². The molecule has 6 heteroatoms. The Kier molecular flexibility index (Phi) is 9.26. The number of rotatable bonds is 9. The zero-order valence-electron chi connectivity index (χ0n) is 28.2. The van der Waals surface area contributed by atoms with Gasteiger partial charge in [0.15, 0.2) is 0 Å². The molecule has 5 aromatic carbocycles. The minimum absolute atomic E-state index is 0.172. The number of fused-ring (bicyclic) bond motifs is 1. The lowest BCUT2D eigenvalue weighted by Crippen LogP contribution is -2.18. The lowest BCUT2D eigenvalue weighted by molar-refractivity contribution is 0.0598. The summed E-state index contributed by atoms with van der Waals surface area (Å²) in [4.78, 5) is 31.3. The number of amides is 1. The topological polar surface area (TPSA) is 73.2 Å². The Labute approximate surface area is 282 Å². The average molecular weight is 636 g/mol. The van der Waals surface area contributed by atoms with Gasteiger partial charge in [-0.3, -0.25) is 9.36 Å². The van der Waals surface area contributed by atoms with Gasteiger partial charge in [-0.1, -0.05) is 107 Å². The van der Waals surface area contributed by atoms with Crippen LogP contribution in [0.15, 0.2) is 115 Å². The van der Waals surface area contributed by atoms with E-state index in [1.807, 2.05) is 91.0 Å². The molecule has 1 N–H and O–H groups in total. The molecule has 0 fully saturated rings. The number of imidazole rings is 1. The van der Waals surface area contributed by atoms with Crippen molar-refractivity contribution in [3.05, 3.63) is 138 Å². The number of methoxy groups -OCH3 is 1. The van der Waals surface area contributed by atoms with Crippen molar-refractivity contribution in [3.8, 4) is 27.9 Å². The van der Waals surface area contributed by atoms with Crippen LogP contribution in [-0.4, -0.2) is 28.5 Å². The van der Waals surface area contributed by atoms with E-state index in [0.29, 0.717) is 16.8 Å². The van der Waals surface area contributed by atoms with E-state index >= 15 is 0 Å². The van der Waals surface area contributed by atoms with Gasteiger partial charge in [0, 0.05) is 23.4 Å². The second-order valence-corrected chi connectivity index (χ2v) is 13.1. The first-order valence-electron chi connectivity index (χ1n) is 16.5. The number of benzene rings is 5. The number of aryl methyl sites for hydroxylation is 1. The highest BCUT2D eigenvalue weighted by Gasteiger charge is 2.25. The number of aromatic nitrogens is 2. The van der Waals surface area contributed by atoms with E-state index in [1.54, 1.807) is 0 Å². The van der Waals surface area contributed by atoms with Crippen LogP contribution in [0.4, 0.5) is 5.69 Å². The number of unbranched alkanes of at least 4 members (excludes halogenated alkanes) is 1. The van der Waals surface area contributed by atoms with Gasteiger partial charge in [0.1, 0.15) is 5.82 Å². The fraction of sp³-hybridized carbons (Fsp3) is 0.214. The molecule has 1 heterocycles. The first-order valence-corrected chi connectivity index (χ1v) is 16.5. The molecular weight excluding hydrogens is 594 g/mol. The van der Waals surface area contributed by atoms with Crippen LogP contribution in [0.25, 0.3) is 39.0 Å². The second-order valence-electron chi connectivity index (χ2n) is 13.1. The van der Waals surface area contributed by atoms with E-state index in [1.165, 1.54) is 7.11 Å². The number of ether oxygens (including phenoxy) is 1. The number of anilines is 1. The third kappa shape index (κ3) is 6.65. The number of esters is 1. The lowest BCUT2D eigenvalue weighted by Gasteiger charge is -2.24. The van der Waals surface area contributed by atoms with E-state index in [2.05, 4.69) is 61.8 Å². The fourth-order valence-corrected chi connectivity index (χ4v) is 6.17. The fourth-order valence-electron chi connectivity index (χ4n) is 6.17. The Bertz CT molecular complexity index is 2070. The third-order valence-corrected chi connectivity index (χ3v) is 8.69. The molecule has 0 aliphatic carbocycles. The molecule has 6 aromatic rings. The minimum atomic E-state index is -0.344. The van der Waals surface area contributed by atoms with Gasteiger partial charge in [0.25, 0.3) is 5.91 Å². The summed E-state index contributed by atoms with van der Waals surface area (Å²) in [5.74, 6) is 0.447. The van der Waals surface area contributed by atoms with Gasteiger partial charge in [-0.05, 0) is 82.1 Å². The zero-order valence-corrected chi connectivity index (χ0v) is 28.2. The van der Waals surface area contributed by atoms with Crippen molar-refractivity contribution in [1.29, 1.82) is 0 Å². The molecule has 0 saturated carbocycles. The number of carbonyl (C=O) groups excluding carboxylic acids is 2. The monoisotopic (exact) mass is 635 g/mol. The van der Waals surface area contributed by atoms with Crippen LogP contribution >= 0.6 is 0 Å². The van der Waals surface area contributed by atoms with Crippen LogP contribution in [0, 0.1) is 0 Å². The molecule has 242 valence electrons. The standard InChI is InChI=1S/C42H41N3O3/c1-6-7-16-38-44-36-26-23-32(43-40(46)31-19-17-29(18-20-31)28-12-9-8-10-13-28)27-37(36)45(38)33-24-21-30(22-25-33)34-14-11-15-35(42(2,3)4)39(34)41(47)48-5/h8-15,17-27H,6-7,16H2,1-5H3,(H,43,46). The van der Waals surface area contributed by atoms with Crippen molar-refractivity contribution in [2.75, 3.05) is 12.4 Å². The van der Waals surface area contributed by atoms with Crippen molar-refractivity contribution >= 4 is 28.6 Å². The summed E-state index contributed by atoms with van der Waals surface area (Å²) in [5.41, 5.74) is 9.25. The molecule has 0 saturated heterocycles. The molecule has 0 aliphatic rings. The maximum absolute atomic E-state index is 13.3. The third-order valence-electron chi connectivity index (χ3n) is 8.69. The molecule has 0 atom stereocenters. The van der Waals surface area contributed by atoms with Gasteiger partial charge in [0.05, 0.1) is 23.7 Å². The predicted octanol–water partition coefficient (Wildman–Crippen LogP) is 10.0. The van der Waals surface area contributed by atoms with Gasteiger partial charge >= 0.3 is 5.97 Å².